The lowest BCUT2D eigenvalue weighted by atomic mass is 10.1. The van der Waals surface area contributed by atoms with Gasteiger partial charge < -0.3 is 29.9 Å². The van der Waals surface area contributed by atoms with E-state index in [9.17, 15) is 35.1 Å². The summed E-state index contributed by atoms with van der Waals surface area (Å²) in [7, 11) is 0. The summed E-state index contributed by atoms with van der Waals surface area (Å²) in [5.74, 6) is -2.68. The van der Waals surface area contributed by atoms with Gasteiger partial charge in [-0.3, -0.25) is 9.59 Å². The highest BCUT2D eigenvalue weighted by Gasteiger charge is 2.19. The number of benzene rings is 4. The van der Waals surface area contributed by atoms with Crippen molar-refractivity contribution in [3.05, 3.63) is 118 Å². The highest BCUT2D eigenvalue weighted by molar-refractivity contribution is 6.06. The van der Waals surface area contributed by atoms with Gasteiger partial charge in [0.05, 0.1) is 0 Å². The fraction of sp³-hybridized carbons (Fsp3) is 0. The molecular formula is C30H22O8. The molecule has 1 aromatic heterocycles. The molecule has 0 aliphatic carbocycles. The standard InChI is InChI=1S/C15H10O7.C15H12O/c16-7-4-10(19)12-11(5-7)22-15(14(21)13(12)20)6-1-2-8(17)9(18)3-6;16-15(14-9-5-2-6-10-14)12-11-13-7-3-1-4-8-13/h1-5,16-19,21H;1-12H. The summed E-state index contributed by atoms with van der Waals surface area (Å²) in [5, 5.41) is 47.6. The molecule has 8 heteroatoms. The predicted octanol–water partition coefficient (Wildman–Crippen LogP) is 5.57. The topological polar surface area (TPSA) is 148 Å². The molecule has 0 unspecified atom stereocenters. The molecule has 0 saturated heterocycles. The Hall–Kier alpha value is -5.50. The van der Waals surface area contributed by atoms with Crippen LogP contribution in [0.3, 0.4) is 0 Å². The fourth-order valence-corrected chi connectivity index (χ4v) is 3.57. The van der Waals surface area contributed by atoms with E-state index < -0.39 is 22.7 Å². The lowest BCUT2D eigenvalue weighted by Crippen LogP contribution is -2.02. The van der Waals surface area contributed by atoms with Crippen LogP contribution in [0.5, 0.6) is 28.7 Å². The van der Waals surface area contributed by atoms with Gasteiger partial charge in [-0.25, -0.2) is 0 Å². The summed E-state index contributed by atoms with van der Waals surface area (Å²) >= 11 is 0. The van der Waals surface area contributed by atoms with Crippen LogP contribution in [0.4, 0.5) is 0 Å². The zero-order valence-electron chi connectivity index (χ0n) is 19.8. The second-order valence-electron chi connectivity index (χ2n) is 8.12. The number of rotatable bonds is 4. The zero-order valence-corrected chi connectivity index (χ0v) is 19.8. The normalized spacial score (nSPS) is 10.7. The predicted molar refractivity (Wildman–Crippen MR) is 142 cm³/mol. The van der Waals surface area contributed by atoms with E-state index in [1.807, 2.05) is 66.7 Å². The Labute approximate surface area is 216 Å². The van der Waals surface area contributed by atoms with Crippen molar-refractivity contribution < 1.29 is 34.7 Å². The van der Waals surface area contributed by atoms with Crippen molar-refractivity contribution in [2.75, 3.05) is 0 Å². The van der Waals surface area contributed by atoms with Crippen molar-refractivity contribution in [1.82, 2.24) is 0 Å². The molecule has 0 saturated carbocycles. The van der Waals surface area contributed by atoms with Crippen molar-refractivity contribution in [2.24, 2.45) is 0 Å². The number of phenolic OH excluding ortho intramolecular Hbond substituents is 4. The Kier molecular flexibility index (Phi) is 7.44. The van der Waals surface area contributed by atoms with Crippen molar-refractivity contribution >= 4 is 22.8 Å². The molecule has 190 valence electrons. The van der Waals surface area contributed by atoms with Crippen LogP contribution < -0.4 is 5.43 Å². The van der Waals surface area contributed by atoms with Crippen molar-refractivity contribution in [1.29, 1.82) is 0 Å². The minimum Gasteiger partial charge on any atom is -0.508 e. The van der Waals surface area contributed by atoms with Crippen LogP contribution >= 0.6 is 0 Å². The maximum absolute atomic E-state index is 12.1. The molecule has 5 N–H and O–H groups in total. The Morgan fingerprint density at radius 2 is 1.37 bits per heavy atom. The molecule has 0 radical (unpaired) electrons. The molecule has 4 aromatic carbocycles. The van der Waals surface area contributed by atoms with Gasteiger partial charge in [-0.15, -0.1) is 0 Å². The Morgan fingerprint density at radius 1 is 0.711 bits per heavy atom. The van der Waals surface area contributed by atoms with Gasteiger partial charge >= 0.3 is 0 Å². The molecule has 0 aliphatic rings. The molecule has 0 aliphatic heterocycles. The van der Waals surface area contributed by atoms with Crippen molar-refractivity contribution in [3.8, 4) is 40.1 Å². The number of aromatic hydroxyl groups is 5. The van der Waals surface area contributed by atoms with Crippen molar-refractivity contribution in [2.45, 2.75) is 0 Å². The number of carbonyl (C=O) groups is 1. The summed E-state index contributed by atoms with van der Waals surface area (Å²) in [6, 6.07) is 24.7. The highest BCUT2D eigenvalue weighted by Crippen LogP contribution is 2.37. The Morgan fingerprint density at radius 3 is 2.03 bits per heavy atom. The van der Waals surface area contributed by atoms with E-state index in [4.69, 9.17) is 4.42 Å². The van der Waals surface area contributed by atoms with E-state index in [2.05, 4.69) is 0 Å². The quantitative estimate of drug-likeness (QED) is 0.120. The summed E-state index contributed by atoms with van der Waals surface area (Å²) in [6.45, 7) is 0. The molecule has 5 aromatic rings. The smallest absolute Gasteiger partial charge is 0.238 e. The average molecular weight is 510 g/mol. The monoisotopic (exact) mass is 510 g/mol. The molecular weight excluding hydrogens is 488 g/mol. The van der Waals surface area contributed by atoms with Gasteiger partial charge in [0, 0.05) is 23.3 Å². The molecule has 1 heterocycles. The minimum atomic E-state index is -0.888. The molecule has 0 amide bonds. The first-order chi connectivity index (χ1) is 18.2. The second-order valence-corrected chi connectivity index (χ2v) is 8.12. The van der Waals surface area contributed by atoms with E-state index in [0.717, 1.165) is 35.4 Å². The van der Waals surface area contributed by atoms with E-state index in [1.165, 1.54) is 6.07 Å². The van der Waals surface area contributed by atoms with Gasteiger partial charge in [-0.2, -0.15) is 0 Å². The van der Waals surface area contributed by atoms with Crippen molar-refractivity contribution in [3.63, 3.8) is 0 Å². The van der Waals surface area contributed by atoms with E-state index in [1.54, 1.807) is 6.08 Å². The van der Waals surface area contributed by atoms with Gasteiger partial charge in [-0.1, -0.05) is 66.7 Å². The first-order valence-electron chi connectivity index (χ1n) is 11.3. The van der Waals surface area contributed by atoms with Crippen LogP contribution in [0.2, 0.25) is 0 Å². The molecule has 5 rings (SSSR count). The Bertz CT molecular complexity index is 1690. The molecule has 0 bridgehead atoms. The maximum atomic E-state index is 12.1. The number of allylic oxidation sites excluding steroid dienone is 1. The Balaban J connectivity index is 0.000000186. The van der Waals surface area contributed by atoms with Crippen LogP contribution in [0, 0.1) is 0 Å². The largest absolute Gasteiger partial charge is 0.508 e. The first-order valence-corrected chi connectivity index (χ1v) is 11.3. The highest BCUT2D eigenvalue weighted by atomic mass is 16.4. The second kappa shape index (κ2) is 11.0. The minimum absolute atomic E-state index is 0.0319. The fourth-order valence-electron chi connectivity index (χ4n) is 3.57. The van der Waals surface area contributed by atoms with E-state index in [0.29, 0.717) is 0 Å². The van der Waals surface area contributed by atoms with E-state index in [-0.39, 0.29) is 39.6 Å². The summed E-state index contributed by atoms with van der Waals surface area (Å²) in [6.07, 6.45) is 3.43. The number of hydrogen-bond acceptors (Lipinski definition) is 8. The third-order valence-electron chi connectivity index (χ3n) is 5.46. The van der Waals surface area contributed by atoms with Crippen LogP contribution in [0.25, 0.3) is 28.4 Å². The number of carbonyl (C=O) groups excluding carboxylic acids is 1. The van der Waals surface area contributed by atoms with E-state index >= 15 is 0 Å². The third kappa shape index (κ3) is 5.66. The molecule has 8 nitrogen and oxygen atoms in total. The SMILES string of the molecule is O=C(C=Cc1ccccc1)c1ccccc1.O=c1c(O)c(-c2ccc(O)c(O)c2)oc2cc(O)cc(O)c12. The number of phenols is 4. The van der Waals surface area contributed by atoms with Gasteiger partial charge in [0.15, 0.2) is 23.0 Å². The molecule has 38 heavy (non-hydrogen) atoms. The zero-order chi connectivity index (χ0) is 27.2. The van der Waals surface area contributed by atoms with Gasteiger partial charge in [0.1, 0.15) is 22.5 Å². The van der Waals surface area contributed by atoms with Gasteiger partial charge in [-0.05, 0) is 29.8 Å². The van der Waals surface area contributed by atoms with Gasteiger partial charge in [0.25, 0.3) is 0 Å². The number of ketones is 1. The lowest BCUT2D eigenvalue weighted by Gasteiger charge is -2.08. The number of fused-ring (bicyclic) bond motifs is 1. The maximum Gasteiger partial charge on any atom is 0.238 e. The van der Waals surface area contributed by atoms with Crippen LogP contribution in [0.15, 0.2) is 106 Å². The molecule has 0 fully saturated rings. The third-order valence-corrected chi connectivity index (χ3v) is 5.46. The van der Waals surface area contributed by atoms with Gasteiger partial charge in [0.2, 0.25) is 11.2 Å². The number of hydrogen-bond donors (Lipinski definition) is 5. The first kappa shape index (κ1) is 25.6. The summed E-state index contributed by atoms with van der Waals surface area (Å²) in [4.78, 5) is 23.9. The van der Waals surface area contributed by atoms with Crippen LogP contribution in [-0.2, 0) is 0 Å². The average Bonchev–Trinajstić information content (AvgIpc) is 2.92. The molecule has 0 atom stereocenters. The molecule has 0 spiro atoms. The van der Waals surface area contributed by atoms with Crippen LogP contribution in [-0.4, -0.2) is 31.3 Å². The summed E-state index contributed by atoms with van der Waals surface area (Å²) in [5.41, 5.74) is 0.861. The summed E-state index contributed by atoms with van der Waals surface area (Å²) < 4.78 is 5.35. The van der Waals surface area contributed by atoms with Crippen LogP contribution in [0.1, 0.15) is 15.9 Å². The lowest BCUT2D eigenvalue weighted by molar-refractivity contribution is 0.104.